The standard InChI is InChI=1S/C41H26N2S2/c1-4-15-27(16-5-1)36-39-37(30-21-10-12-25-34(30)44-39)43-40(42-36)31-22-14-24-33-38(31)45-35-26-13-11-23-32(35)41(33,28-17-6-2-7-18-28)29-19-8-3-9-20-29/h1-26H. The van der Waals surface area contributed by atoms with Gasteiger partial charge in [0.15, 0.2) is 5.82 Å². The lowest BCUT2D eigenvalue weighted by Crippen LogP contribution is -2.34. The van der Waals surface area contributed by atoms with Crippen LogP contribution in [0.15, 0.2) is 168 Å². The van der Waals surface area contributed by atoms with Crippen molar-refractivity contribution in [2.24, 2.45) is 0 Å². The van der Waals surface area contributed by atoms with Crippen molar-refractivity contribution in [1.82, 2.24) is 9.97 Å². The van der Waals surface area contributed by atoms with Gasteiger partial charge < -0.3 is 0 Å². The summed E-state index contributed by atoms with van der Waals surface area (Å²) in [5, 5.41) is 1.17. The Morgan fingerprint density at radius 2 is 1.13 bits per heavy atom. The van der Waals surface area contributed by atoms with Crippen molar-refractivity contribution in [2.75, 3.05) is 0 Å². The summed E-state index contributed by atoms with van der Waals surface area (Å²) in [7, 11) is 0. The highest BCUT2D eigenvalue weighted by atomic mass is 32.2. The topological polar surface area (TPSA) is 25.8 Å². The van der Waals surface area contributed by atoms with Crippen LogP contribution in [0.1, 0.15) is 22.3 Å². The third-order valence-corrected chi connectivity index (χ3v) is 11.2. The van der Waals surface area contributed by atoms with Crippen molar-refractivity contribution in [2.45, 2.75) is 15.2 Å². The third-order valence-electron chi connectivity index (χ3n) is 8.84. The van der Waals surface area contributed by atoms with Crippen molar-refractivity contribution in [1.29, 1.82) is 0 Å². The summed E-state index contributed by atoms with van der Waals surface area (Å²) in [6, 6.07) is 56.5. The van der Waals surface area contributed by atoms with Crippen molar-refractivity contribution in [3.8, 4) is 22.6 Å². The highest BCUT2D eigenvalue weighted by molar-refractivity contribution is 7.99. The van der Waals surface area contributed by atoms with Crippen LogP contribution >= 0.6 is 23.1 Å². The number of aromatic nitrogens is 2. The maximum absolute atomic E-state index is 5.38. The summed E-state index contributed by atoms with van der Waals surface area (Å²) >= 11 is 3.60. The zero-order valence-corrected chi connectivity index (χ0v) is 25.9. The van der Waals surface area contributed by atoms with Gasteiger partial charge in [0.05, 0.1) is 21.3 Å². The average Bonchev–Trinajstić information content (AvgIpc) is 3.50. The minimum atomic E-state index is -0.503. The van der Waals surface area contributed by atoms with Crippen molar-refractivity contribution in [3.63, 3.8) is 0 Å². The van der Waals surface area contributed by atoms with E-state index in [9.17, 15) is 0 Å². The normalized spacial score (nSPS) is 13.4. The lowest BCUT2D eigenvalue weighted by Gasteiger charge is -2.42. The monoisotopic (exact) mass is 610 g/mol. The van der Waals surface area contributed by atoms with E-state index in [-0.39, 0.29) is 0 Å². The molecule has 8 aromatic rings. The summed E-state index contributed by atoms with van der Waals surface area (Å²) in [6.45, 7) is 0. The average molecular weight is 611 g/mol. The van der Waals surface area contributed by atoms with Crippen molar-refractivity contribution < 1.29 is 0 Å². The second-order valence-electron chi connectivity index (χ2n) is 11.3. The molecule has 212 valence electrons. The Labute approximate surface area is 270 Å². The largest absolute Gasteiger partial charge is 0.226 e. The molecule has 1 aliphatic heterocycles. The highest BCUT2D eigenvalue weighted by Crippen LogP contribution is 2.57. The van der Waals surface area contributed by atoms with E-state index in [4.69, 9.17) is 9.97 Å². The van der Waals surface area contributed by atoms with Crippen LogP contribution in [0.2, 0.25) is 0 Å². The van der Waals surface area contributed by atoms with Crippen LogP contribution in [-0.2, 0) is 5.41 Å². The van der Waals surface area contributed by atoms with Gasteiger partial charge in [-0.25, -0.2) is 9.97 Å². The van der Waals surface area contributed by atoms with Gasteiger partial charge in [0.25, 0.3) is 0 Å². The molecule has 4 heteroatoms. The van der Waals surface area contributed by atoms with Gasteiger partial charge in [0, 0.05) is 31.0 Å². The first-order chi connectivity index (χ1) is 22.3. The molecule has 45 heavy (non-hydrogen) atoms. The summed E-state index contributed by atoms with van der Waals surface area (Å²) in [6.07, 6.45) is 0. The Kier molecular flexibility index (Phi) is 6.19. The van der Waals surface area contributed by atoms with Crippen LogP contribution in [0, 0.1) is 0 Å². The zero-order chi connectivity index (χ0) is 29.8. The first kappa shape index (κ1) is 26.4. The molecule has 0 atom stereocenters. The smallest absolute Gasteiger partial charge is 0.161 e. The lowest BCUT2D eigenvalue weighted by molar-refractivity contribution is 0.703. The lowest BCUT2D eigenvalue weighted by atomic mass is 9.64. The van der Waals surface area contributed by atoms with Gasteiger partial charge in [-0.3, -0.25) is 0 Å². The minimum Gasteiger partial charge on any atom is -0.226 e. The predicted molar refractivity (Wildman–Crippen MR) is 188 cm³/mol. The van der Waals surface area contributed by atoms with E-state index in [0.717, 1.165) is 32.9 Å². The Hall–Kier alpha value is -5.03. The second-order valence-corrected chi connectivity index (χ2v) is 13.4. The number of rotatable bonds is 4. The van der Waals surface area contributed by atoms with Crippen LogP contribution in [0.25, 0.3) is 42.9 Å². The maximum atomic E-state index is 5.38. The molecule has 1 aliphatic rings. The number of fused-ring (bicyclic) bond motifs is 5. The molecule has 2 nitrogen and oxygen atoms in total. The number of hydrogen-bond donors (Lipinski definition) is 0. The first-order valence-corrected chi connectivity index (χ1v) is 16.7. The molecule has 0 unspecified atom stereocenters. The fourth-order valence-electron chi connectivity index (χ4n) is 6.91. The SMILES string of the molecule is c1ccc(-c2nc(-c3cccc4c3Sc3ccccc3C4(c3ccccc3)c3ccccc3)nc3c2sc2ccccc23)cc1. The molecular weight excluding hydrogens is 585 g/mol. The van der Waals surface area contributed by atoms with Gasteiger partial charge in [-0.2, -0.15) is 0 Å². The Morgan fingerprint density at radius 1 is 0.511 bits per heavy atom. The van der Waals surface area contributed by atoms with E-state index in [0.29, 0.717) is 0 Å². The molecule has 0 amide bonds. The number of thiophene rings is 1. The van der Waals surface area contributed by atoms with Gasteiger partial charge in [-0.15, -0.1) is 11.3 Å². The van der Waals surface area contributed by atoms with Crippen molar-refractivity contribution >= 4 is 43.4 Å². The van der Waals surface area contributed by atoms with E-state index < -0.39 is 5.41 Å². The van der Waals surface area contributed by atoms with E-state index in [1.807, 2.05) is 11.8 Å². The van der Waals surface area contributed by atoms with Gasteiger partial charge >= 0.3 is 0 Å². The zero-order valence-electron chi connectivity index (χ0n) is 24.2. The van der Waals surface area contributed by atoms with E-state index in [1.165, 1.54) is 42.1 Å². The Balaban J connectivity index is 1.39. The fourth-order valence-corrected chi connectivity index (χ4v) is 9.36. The molecule has 9 rings (SSSR count). The molecule has 0 N–H and O–H groups in total. The molecule has 0 bridgehead atoms. The van der Waals surface area contributed by atoms with Gasteiger partial charge in [0.2, 0.25) is 0 Å². The van der Waals surface area contributed by atoms with Crippen LogP contribution in [0.3, 0.4) is 0 Å². The number of nitrogens with zero attached hydrogens (tertiary/aromatic N) is 2. The van der Waals surface area contributed by atoms with Crippen LogP contribution < -0.4 is 0 Å². The minimum absolute atomic E-state index is 0.503. The molecule has 0 radical (unpaired) electrons. The van der Waals surface area contributed by atoms with Crippen LogP contribution in [-0.4, -0.2) is 9.97 Å². The first-order valence-electron chi connectivity index (χ1n) is 15.1. The highest BCUT2D eigenvalue weighted by Gasteiger charge is 2.45. The van der Waals surface area contributed by atoms with Gasteiger partial charge in [-0.1, -0.05) is 157 Å². The quantitative estimate of drug-likeness (QED) is 0.198. The maximum Gasteiger partial charge on any atom is 0.161 e. The molecular formula is C41H26N2S2. The summed E-state index contributed by atoms with van der Waals surface area (Å²) < 4.78 is 2.35. The molecule has 0 fully saturated rings. The summed E-state index contributed by atoms with van der Waals surface area (Å²) in [4.78, 5) is 13.2. The summed E-state index contributed by atoms with van der Waals surface area (Å²) in [5.74, 6) is 0.753. The van der Waals surface area contributed by atoms with Crippen molar-refractivity contribution in [3.05, 3.63) is 180 Å². The van der Waals surface area contributed by atoms with Gasteiger partial charge in [-0.05, 0) is 34.4 Å². The van der Waals surface area contributed by atoms with E-state index in [1.54, 1.807) is 11.3 Å². The number of hydrogen-bond acceptors (Lipinski definition) is 4. The Morgan fingerprint density at radius 3 is 1.89 bits per heavy atom. The van der Waals surface area contributed by atoms with Crippen LogP contribution in [0.4, 0.5) is 0 Å². The fraction of sp³-hybridized carbons (Fsp3) is 0.0244. The predicted octanol–water partition coefficient (Wildman–Crippen LogP) is 11.0. The molecule has 0 saturated carbocycles. The Bertz CT molecular complexity index is 2310. The number of benzene rings is 6. The van der Waals surface area contributed by atoms with E-state index in [2.05, 4.69) is 158 Å². The molecule has 0 saturated heterocycles. The van der Waals surface area contributed by atoms with Crippen LogP contribution in [0.5, 0.6) is 0 Å². The molecule has 0 spiro atoms. The third kappa shape index (κ3) is 4.03. The molecule has 6 aromatic carbocycles. The molecule has 0 aliphatic carbocycles. The summed E-state index contributed by atoms with van der Waals surface area (Å²) in [5.41, 5.74) is 8.67. The second kappa shape index (κ2) is 10.6. The van der Waals surface area contributed by atoms with Gasteiger partial charge in [0.1, 0.15) is 0 Å². The van der Waals surface area contributed by atoms with E-state index >= 15 is 0 Å². The molecule has 2 aromatic heterocycles. The molecule has 3 heterocycles.